The van der Waals surface area contributed by atoms with E-state index in [-0.39, 0.29) is 6.61 Å². The Labute approximate surface area is 114 Å². The lowest BCUT2D eigenvalue weighted by atomic mass is 10.1. The molecule has 0 spiro atoms. The van der Waals surface area contributed by atoms with Crippen molar-refractivity contribution in [3.05, 3.63) is 23.9 Å². The first-order valence-corrected chi connectivity index (χ1v) is 6.76. The van der Waals surface area contributed by atoms with Gasteiger partial charge in [0.2, 0.25) is 5.88 Å². The number of pyridine rings is 1. The molecule has 1 aromatic heterocycles. The second kappa shape index (κ2) is 7.43. The van der Waals surface area contributed by atoms with Crippen molar-refractivity contribution < 1.29 is 14.6 Å². The van der Waals surface area contributed by atoms with E-state index in [0.29, 0.717) is 18.6 Å². The first-order valence-electron chi connectivity index (χ1n) is 6.76. The maximum atomic E-state index is 8.74. The van der Waals surface area contributed by atoms with Gasteiger partial charge in [-0.25, -0.2) is 4.98 Å². The van der Waals surface area contributed by atoms with Crippen molar-refractivity contribution in [3.63, 3.8) is 0 Å². The van der Waals surface area contributed by atoms with Gasteiger partial charge in [-0.05, 0) is 18.9 Å². The van der Waals surface area contributed by atoms with Crippen LogP contribution in [-0.2, 0) is 11.3 Å². The average Bonchev–Trinajstić information content (AvgIpc) is 2.47. The Hall–Kier alpha value is -1.17. The molecule has 1 saturated heterocycles. The molecule has 0 aromatic carbocycles. The Bertz CT molecular complexity index is 379. The molecule has 0 aliphatic carbocycles. The molecule has 1 fully saturated rings. The standard InChI is InChI=1S/C14H22N2O3/c1-18-14-4-2-3-12(15-14)11-16-7-5-13(6-8-16)19-10-9-17/h2-4,13,17H,5-11H2,1H3. The average molecular weight is 266 g/mol. The number of piperidine rings is 1. The van der Waals surface area contributed by atoms with Crippen LogP contribution < -0.4 is 4.74 Å². The van der Waals surface area contributed by atoms with Crippen LogP contribution in [-0.4, -0.2) is 54.5 Å². The van der Waals surface area contributed by atoms with E-state index in [2.05, 4.69) is 9.88 Å². The van der Waals surface area contributed by atoms with Gasteiger partial charge >= 0.3 is 0 Å². The van der Waals surface area contributed by atoms with Crippen LogP contribution in [0.3, 0.4) is 0 Å². The van der Waals surface area contributed by atoms with Crippen molar-refractivity contribution in [2.75, 3.05) is 33.4 Å². The molecule has 5 nitrogen and oxygen atoms in total. The largest absolute Gasteiger partial charge is 0.481 e. The van der Waals surface area contributed by atoms with Crippen molar-refractivity contribution in [1.82, 2.24) is 9.88 Å². The first-order chi connectivity index (χ1) is 9.31. The smallest absolute Gasteiger partial charge is 0.213 e. The molecular formula is C14H22N2O3. The second-order valence-electron chi connectivity index (χ2n) is 4.74. The summed E-state index contributed by atoms with van der Waals surface area (Å²) >= 11 is 0. The minimum atomic E-state index is 0.105. The lowest BCUT2D eigenvalue weighted by molar-refractivity contribution is -0.00920. The number of aliphatic hydroxyl groups excluding tert-OH is 1. The summed E-state index contributed by atoms with van der Waals surface area (Å²) in [4.78, 5) is 6.80. The van der Waals surface area contributed by atoms with E-state index in [1.807, 2.05) is 18.2 Å². The number of likely N-dealkylation sites (tertiary alicyclic amines) is 1. The Morgan fingerprint density at radius 1 is 1.37 bits per heavy atom. The lowest BCUT2D eigenvalue weighted by Crippen LogP contribution is -2.37. The van der Waals surface area contributed by atoms with Gasteiger partial charge in [0.25, 0.3) is 0 Å². The Kier molecular flexibility index (Phi) is 5.57. The third-order valence-electron chi connectivity index (χ3n) is 3.36. The van der Waals surface area contributed by atoms with Crippen LogP contribution in [0.5, 0.6) is 5.88 Å². The third-order valence-corrected chi connectivity index (χ3v) is 3.36. The second-order valence-corrected chi connectivity index (χ2v) is 4.74. The zero-order chi connectivity index (χ0) is 13.5. The number of aromatic nitrogens is 1. The number of methoxy groups -OCH3 is 1. The minimum Gasteiger partial charge on any atom is -0.481 e. The molecule has 0 unspecified atom stereocenters. The predicted octanol–water partition coefficient (Wildman–Crippen LogP) is 1.06. The van der Waals surface area contributed by atoms with Crippen LogP contribution >= 0.6 is 0 Å². The number of hydrogen-bond acceptors (Lipinski definition) is 5. The third kappa shape index (κ3) is 4.45. The SMILES string of the molecule is COc1cccc(CN2CCC(OCCO)CC2)n1. The van der Waals surface area contributed by atoms with Crippen molar-refractivity contribution in [3.8, 4) is 5.88 Å². The molecule has 0 atom stereocenters. The van der Waals surface area contributed by atoms with Crippen molar-refractivity contribution >= 4 is 0 Å². The van der Waals surface area contributed by atoms with Gasteiger partial charge < -0.3 is 14.6 Å². The van der Waals surface area contributed by atoms with Gasteiger partial charge in [-0.1, -0.05) is 6.07 Å². The zero-order valence-corrected chi connectivity index (χ0v) is 11.4. The van der Waals surface area contributed by atoms with Gasteiger partial charge in [0.1, 0.15) is 0 Å². The molecule has 0 saturated carbocycles. The van der Waals surface area contributed by atoms with Crippen molar-refractivity contribution in [2.24, 2.45) is 0 Å². The van der Waals surface area contributed by atoms with Gasteiger partial charge in [-0.3, -0.25) is 4.90 Å². The molecule has 1 aromatic rings. The van der Waals surface area contributed by atoms with Crippen LogP contribution in [0.1, 0.15) is 18.5 Å². The Morgan fingerprint density at radius 2 is 2.16 bits per heavy atom. The summed E-state index contributed by atoms with van der Waals surface area (Å²) in [6, 6.07) is 5.85. The summed E-state index contributed by atoms with van der Waals surface area (Å²) in [6.07, 6.45) is 2.33. The summed E-state index contributed by atoms with van der Waals surface area (Å²) in [5, 5.41) is 8.74. The van der Waals surface area contributed by atoms with Gasteiger partial charge in [-0.2, -0.15) is 0 Å². The summed E-state index contributed by atoms with van der Waals surface area (Å²) < 4.78 is 10.7. The number of ether oxygens (including phenoxy) is 2. The fourth-order valence-electron chi connectivity index (χ4n) is 2.34. The summed E-state index contributed by atoms with van der Waals surface area (Å²) in [5.41, 5.74) is 1.04. The summed E-state index contributed by atoms with van der Waals surface area (Å²) in [5.74, 6) is 0.665. The monoisotopic (exact) mass is 266 g/mol. The molecular weight excluding hydrogens is 244 g/mol. The predicted molar refractivity (Wildman–Crippen MR) is 72.1 cm³/mol. The lowest BCUT2D eigenvalue weighted by Gasteiger charge is -2.31. The highest BCUT2D eigenvalue weighted by Crippen LogP contribution is 2.16. The molecule has 0 bridgehead atoms. The maximum absolute atomic E-state index is 8.74. The molecule has 2 heterocycles. The Balaban J connectivity index is 1.78. The molecule has 1 aliphatic rings. The summed E-state index contributed by atoms with van der Waals surface area (Å²) in [7, 11) is 1.64. The molecule has 0 radical (unpaired) electrons. The fraction of sp³-hybridized carbons (Fsp3) is 0.643. The quantitative estimate of drug-likeness (QED) is 0.834. The molecule has 106 valence electrons. The normalized spacial score (nSPS) is 17.6. The van der Waals surface area contributed by atoms with Crippen molar-refractivity contribution in [2.45, 2.75) is 25.5 Å². The van der Waals surface area contributed by atoms with Crippen LogP contribution in [0.25, 0.3) is 0 Å². The van der Waals surface area contributed by atoms with Gasteiger partial charge in [0.05, 0.1) is 32.1 Å². The van der Waals surface area contributed by atoms with Gasteiger partial charge in [0, 0.05) is 25.7 Å². The fourth-order valence-corrected chi connectivity index (χ4v) is 2.34. The maximum Gasteiger partial charge on any atom is 0.213 e. The number of rotatable bonds is 6. The van der Waals surface area contributed by atoms with Gasteiger partial charge in [0.15, 0.2) is 0 Å². The molecule has 5 heteroatoms. The molecule has 1 N–H and O–H groups in total. The number of aliphatic hydroxyl groups is 1. The zero-order valence-electron chi connectivity index (χ0n) is 11.4. The van der Waals surface area contributed by atoms with Crippen molar-refractivity contribution in [1.29, 1.82) is 0 Å². The van der Waals surface area contributed by atoms with E-state index in [1.54, 1.807) is 7.11 Å². The molecule has 19 heavy (non-hydrogen) atoms. The van der Waals surface area contributed by atoms with E-state index < -0.39 is 0 Å². The highest BCUT2D eigenvalue weighted by Gasteiger charge is 2.19. The van der Waals surface area contributed by atoms with E-state index in [0.717, 1.165) is 38.2 Å². The number of hydrogen-bond donors (Lipinski definition) is 1. The first kappa shape index (κ1) is 14.2. The molecule has 2 rings (SSSR count). The number of nitrogens with zero attached hydrogens (tertiary/aromatic N) is 2. The van der Waals surface area contributed by atoms with Crippen LogP contribution in [0.4, 0.5) is 0 Å². The molecule has 1 aliphatic heterocycles. The van der Waals surface area contributed by atoms with E-state index in [1.165, 1.54) is 0 Å². The van der Waals surface area contributed by atoms with E-state index in [9.17, 15) is 0 Å². The minimum absolute atomic E-state index is 0.105. The van der Waals surface area contributed by atoms with Crippen LogP contribution in [0.15, 0.2) is 18.2 Å². The summed E-state index contributed by atoms with van der Waals surface area (Å²) in [6.45, 7) is 3.42. The van der Waals surface area contributed by atoms with Crippen LogP contribution in [0.2, 0.25) is 0 Å². The van der Waals surface area contributed by atoms with Gasteiger partial charge in [-0.15, -0.1) is 0 Å². The highest BCUT2D eigenvalue weighted by atomic mass is 16.5. The van der Waals surface area contributed by atoms with E-state index in [4.69, 9.17) is 14.6 Å². The van der Waals surface area contributed by atoms with Crippen LogP contribution in [0, 0.1) is 0 Å². The molecule has 0 amide bonds. The Morgan fingerprint density at radius 3 is 2.84 bits per heavy atom. The topological polar surface area (TPSA) is 54.8 Å². The highest BCUT2D eigenvalue weighted by molar-refractivity contribution is 5.15. The van der Waals surface area contributed by atoms with E-state index >= 15 is 0 Å².